The summed E-state index contributed by atoms with van der Waals surface area (Å²) in [5.41, 5.74) is 7.72. The van der Waals surface area contributed by atoms with E-state index in [9.17, 15) is 4.79 Å². The number of carbonyl (C=O) groups excluding carboxylic acids is 1. The van der Waals surface area contributed by atoms with Gasteiger partial charge in [-0.1, -0.05) is 17.7 Å². The van der Waals surface area contributed by atoms with Gasteiger partial charge in [0, 0.05) is 29.0 Å². The van der Waals surface area contributed by atoms with Gasteiger partial charge >= 0.3 is 0 Å². The summed E-state index contributed by atoms with van der Waals surface area (Å²) in [6.07, 6.45) is 3.29. The van der Waals surface area contributed by atoms with Crippen molar-refractivity contribution in [3.63, 3.8) is 0 Å². The van der Waals surface area contributed by atoms with Crippen molar-refractivity contribution in [1.82, 2.24) is 9.97 Å². The van der Waals surface area contributed by atoms with Gasteiger partial charge in [0.2, 0.25) is 0 Å². The minimum Gasteiger partial charge on any atom is -0.398 e. The molecule has 0 amide bonds. The van der Waals surface area contributed by atoms with E-state index in [4.69, 9.17) is 17.3 Å². The molecule has 1 aromatic carbocycles. The van der Waals surface area contributed by atoms with E-state index in [-0.39, 0.29) is 5.78 Å². The SMILES string of the molecule is Nc1cccc(Cl)c1C(=O)c1c[nH]c2ncccc12. The molecule has 94 valence electrons. The molecule has 3 N–H and O–H groups in total. The number of carbonyl (C=O) groups is 1. The zero-order chi connectivity index (χ0) is 13.4. The van der Waals surface area contributed by atoms with E-state index < -0.39 is 0 Å². The van der Waals surface area contributed by atoms with Crippen LogP contribution >= 0.6 is 11.6 Å². The van der Waals surface area contributed by atoms with Crippen LogP contribution in [-0.4, -0.2) is 15.8 Å². The highest BCUT2D eigenvalue weighted by Gasteiger charge is 2.19. The maximum Gasteiger partial charge on any atom is 0.198 e. The van der Waals surface area contributed by atoms with E-state index in [1.54, 1.807) is 36.7 Å². The Hall–Kier alpha value is -2.33. The molecule has 19 heavy (non-hydrogen) atoms. The fraction of sp³-hybridized carbons (Fsp3) is 0. The molecule has 0 fully saturated rings. The molecular weight excluding hydrogens is 262 g/mol. The first-order chi connectivity index (χ1) is 9.18. The molecule has 0 saturated heterocycles. The molecule has 0 saturated carbocycles. The number of fused-ring (bicyclic) bond motifs is 1. The van der Waals surface area contributed by atoms with Crippen molar-refractivity contribution < 1.29 is 4.79 Å². The molecule has 2 heterocycles. The molecule has 3 aromatic rings. The Bertz CT molecular complexity index is 759. The van der Waals surface area contributed by atoms with Crippen LogP contribution in [0.5, 0.6) is 0 Å². The van der Waals surface area contributed by atoms with Gasteiger partial charge in [-0.3, -0.25) is 4.79 Å². The van der Waals surface area contributed by atoms with Crippen LogP contribution in [0.2, 0.25) is 5.02 Å². The third-order valence-electron chi connectivity index (χ3n) is 2.97. The molecule has 5 heteroatoms. The monoisotopic (exact) mass is 271 g/mol. The molecule has 0 atom stereocenters. The van der Waals surface area contributed by atoms with Crippen molar-refractivity contribution in [3.05, 3.63) is 58.9 Å². The van der Waals surface area contributed by atoms with Crippen LogP contribution in [0.15, 0.2) is 42.7 Å². The Kier molecular flexibility index (Phi) is 2.72. The van der Waals surface area contributed by atoms with Gasteiger partial charge < -0.3 is 10.7 Å². The molecule has 0 aliphatic carbocycles. The standard InChI is InChI=1S/C14H10ClN3O/c15-10-4-1-5-11(16)12(10)13(19)9-7-18-14-8(9)3-2-6-17-14/h1-7H,16H2,(H,17,18). The number of anilines is 1. The van der Waals surface area contributed by atoms with Gasteiger partial charge in [0.15, 0.2) is 5.78 Å². The Balaban J connectivity index is 2.20. The molecule has 0 bridgehead atoms. The van der Waals surface area contributed by atoms with Crippen molar-refractivity contribution in [3.8, 4) is 0 Å². The Morgan fingerprint density at radius 1 is 1.26 bits per heavy atom. The highest BCUT2D eigenvalue weighted by atomic mass is 35.5. The van der Waals surface area contributed by atoms with Crippen LogP contribution in [-0.2, 0) is 0 Å². The summed E-state index contributed by atoms with van der Waals surface area (Å²) in [5.74, 6) is -0.206. The van der Waals surface area contributed by atoms with Crippen molar-refractivity contribution in [1.29, 1.82) is 0 Å². The average molecular weight is 272 g/mol. The number of halogens is 1. The van der Waals surface area contributed by atoms with E-state index >= 15 is 0 Å². The van der Waals surface area contributed by atoms with Crippen molar-refractivity contribution in [2.45, 2.75) is 0 Å². The number of H-pyrrole nitrogens is 1. The smallest absolute Gasteiger partial charge is 0.198 e. The first-order valence-electron chi connectivity index (χ1n) is 5.69. The number of aromatic amines is 1. The van der Waals surface area contributed by atoms with Crippen molar-refractivity contribution >= 4 is 34.1 Å². The number of nitrogens with two attached hydrogens (primary N) is 1. The fourth-order valence-electron chi connectivity index (χ4n) is 2.06. The average Bonchev–Trinajstić information content (AvgIpc) is 2.82. The lowest BCUT2D eigenvalue weighted by Crippen LogP contribution is -2.05. The van der Waals surface area contributed by atoms with Crippen LogP contribution in [0, 0.1) is 0 Å². The third-order valence-corrected chi connectivity index (χ3v) is 3.28. The zero-order valence-corrected chi connectivity index (χ0v) is 10.6. The number of ketones is 1. The fourth-order valence-corrected chi connectivity index (χ4v) is 2.33. The molecular formula is C14H10ClN3O. The number of nitrogens with zero attached hydrogens (tertiary/aromatic N) is 1. The summed E-state index contributed by atoms with van der Waals surface area (Å²) in [6, 6.07) is 8.64. The number of aromatic nitrogens is 2. The van der Waals surface area contributed by atoms with E-state index in [0.29, 0.717) is 27.5 Å². The number of hydrogen-bond donors (Lipinski definition) is 2. The minimum absolute atomic E-state index is 0.206. The van der Waals surface area contributed by atoms with Gasteiger partial charge in [-0.2, -0.15) is 0 Å². The van der Waals surface area contributed by atoms with E-state index in [1.165, 1.54) is 0 Å². The van der Waals surface area contributed by atoms with Gasteiger partial charge in [-0.25, -0.2) is 4.98 Å². The lowest BCUT2D eigenvalue weighted by Gasteiger charge is -2.06. The second-order valence-corrected chi connectivity index (χ2v) is 4.54. The predicted octanol–water partition coefficient (Wildman–Crippen LogP) is 3.03. The molecule has 0 aliphatic heterocycles. The largest absolute Gasteiger partial charge is 0.398 e. The quantitative estimate of drug-likeness (QED) is 0.556. The maximum atomic E-state index is 12.6. The van der Waals surface area contributed by atoms with Crippen LogP contribution in [0.25, 0.3) is 11.0 Å². The second-order valence-electron chi connectivity index (χ2n) is 4.14. The van der Waals surface area contributed by atoms with E-state index in [2.05, 4.69) is 9.97 Å². The van der Waals surface area contributed by atoms with Crippen molar-refractivity contribution in [2.24, 2.45) is 0 Å². The molecule has 4 nitrogen and oxygen atoms in total. The van der Waals surface area contributed by atoms with Crippen LogP contribution in [0.1, 0.15) is 15.9 Å². The molecule has 0 radical (unpaired) electrons. The number of nitrogens with one attached hydrogen (secondary N) is 1. The minimum atomic E-state index is -0.206. The number of rotatable bonds is 2. The number of benzene rings is 1. The highest BCUT2D eigenvalue weighted by molar-refractivity contribution is 6.36. The lowest BCUT2D eigenvalue weighted by molar-refractivity contribution is 0.104. The lowest BCUT2D eigenvalue weighted by atomic mass is 10.0. The number of pyridine rings is 1. The van der Waals surface area contributed by atoms with E-state index in [0.717, 1.165) is 5.39 Å². The van der Waals surface area contributed by atoms with Gasteiger partial charge in [-0.05, 0) is 24.3 Å². The molecule has 0 unspecified atom stereocenters. The summed E-state index contributed by atoms with van der Waals surface area (Å²) >= 11 is 6.07. The topological polar surface area (TPSA) is 71.8 Å². The maximum absolute atomic E-state index is 12.6. The normalized spacial score (nSPS) is 10.8. The highest BCUT2D eigenvalue weighted by Crippen LogP contribution is 2.27. The molecule has 3 rings (SSSR count). The predicted molar refractivity (Wildman–Crippen MR) is 75.4 cm³/mol. The van der Waals surface area contributed by atoms with Gasteiger partial charge in [-0.15, -0.1) is 0 Å². The van der Waals surface area contributed by atoms with Crippen molar-refractivity contribution in [2.75, 3.05) is 5.73 Å². The second kappa shape index (κ2) is 4.40. The summed E-state index contributed by atoms with van der Waals surface area (Å²) in [7, 11) is 0. The number of nitrogen functional groups attached to an aromatic ring is 1. The zero-order valence-electron chi connectivity index (χ0n) is 9.85. The summed E-state index contributed by atoms with van der Waals surface area (Å²) in [4.78, 5) is 19.7. The number of hydrogen-bond acceptors (Lipinski definition) is 3. The Labute approximate surface area is 114 Å². The Morgan fingerprint density at radius 2 is 2.11 bits per heavy atom. The van der Waals surface area contributed by atoms with Gasteiger partial charge in [0.1, 0.15) is 5.65 Å². The first kappa shape index (κ1) is 11.7. The first-order valence-corrected chi connectivity index (χ1v) is 6.07. The van der Waals surface area contributed by atoms with Crippen LogP contribution < -0.4 is 5.73 Å². The summed E-state index contributed by atoms with van der Waals surface area (Å²) in [5, 5.41) is 1.11. The third kappa shape index (κ3) is 1.86. The molecule has 0 aliphatic rings. The van der Waals surface area contributed by atoms with Crippen LogP contribution in [0.4, 0.5) is 5.69 Å². The summed E-state index contributed by atoms with van der Waals surface area (Å²) < 4.78 is 0. The molecule has 0 spiro atoms. The molecule has 2 aromatic heterocycles. The van der Waals surface area contributed by atoms with Gasteiger partial charge in [0.25, 0.3) is 0 Å². The van der Waals surface area contributed by atoms with Crippen LogP contribution in [0.3, 0.4) is 0 Å². The van der Waals surface area contributed by atoms with Gasteiger partial charge in [0.05, 0.1) is 10.6 Å². The van der Waals surface area contributed by atoms with E-state index in [1.807, 2.05) is 6.07 Å². The Morgan fingerprint density at radius 3 is 2.89 bits per heavy atom. The summed E-state index contributed by atoms with van der Waals surface area (Å²) in [6.45, 7) is 0.